The Kier molecular flexibility index (Phi) is 2.25. The first-order chi connectivity index (χ1) is 6.66. The third-order valence-electron chi connectivity index (χ3n) is 2.11. The molecule has 1 N–H and O–H groups in total. The van der Waals surface area contributed by atoms with Gasteiger partial charge in [0.15, 0.2) is 0 Å². The number of benzene rings is 1. The van der Waals surface area contributed by atoms with Crippen molar-refractivity contribution in [1.29, 1.82) is 0 Å². The number of carbonyl (C=O) groups excluding carboxylic acids is 1. The zero-order valence-corrected chi connectivity index (χ0v) is 8.43. The smallest absolute Gasteiger partial charge is 0.246 e. The molecule has 0 aromatic heterocycles. The van der Waals surface area contributed by atoms with Crippen molar-refractivity contribution < 1.29 is 4.79 Å². The van der Waals surface area contributed by atoms with E-state index in [1.807, 2.05) is 13.0 Å². The van der Waals surface area contributed by atoms with Gasteiger partial charge >= 0.3 is 0 Å². The van der Waals surface area contributed by atoms with Crippen molar-refractivity contribution in [2.45, 2.75) is 6.92 Å². The highest BCUT2D eigenvalue weighted by atomic mass is 35.5. The highest BCUT2D eigenvalue weighted by molar-refractivity contribution is 6.31. The Morgan fingerprint density at radius 1 is 1.50 bits per heavy atom. The van der Waals surface area contributed by atoms with Crippen LogP contribution in [0.5, 0.6) is 0 Å². The molecule has 0 atom stereocenters. The average Bonchev–Trinajstić information content (AvgIpc) is 2.26. The summed E-state index contributed by atoms with van der Waals surface area (Å²) in [6, 6.07) is 5.39. The van der Waals surface area contributed by atoms with Gasteiger partial charge in [0.2, 0.25) is 5.91 Å². The largest absolute Gasteiger partial charge is 0.324 e. The Morgan fingerprint density at radius 3 is 3.07 bits per heavy atom. The summed E-state index contributed by atoms with van der Waals surface area (Å²) in [4.78, 5) is 15.4. The van der Waals surface area contributed by atoms with Crippen molar-refractivity contribution in [2.24, 2.45) is 4.99 Å². The third-order valence-corrected chi connectivity index (χ3v) is 2.34. The van der Waals surface area contributed by atoms with Crippen LogP contribution in [0.15, 0.2) is 23.2 Å². The number of nitrogens with zero attached hydrogens (tertiary/aromatic N) is 1. The van der Waals surface area contributed by atoms with Crippen LogP contribution in [-0.2, 0) is 4.79 Å². The van der Waals surface area contributed by atoms with Gasteiger partial charge in [-0.2, -0.15) is 0 Å². The van der Waals surface area contributed by atoms with Crippen LogP contribution in [0.1, 0.15) is 12.5 Å². The van der Waals surface area contributed by atoms with Crippen LogP contribution < -0.4 is 5.32 Å². The van der Waals surface area contributed by atoms with Gasteiger partial charge in [-0.1, -0.05) is 11.6 Å². The fraction of sp³-hybridized carbons (Fsp3) is 0.200. The van der Waals surface area contributed by atoms with E-state index in [0.29, 0.717) is 5.02 Å². The lowest BCUT2D eigenvalue weighted by atomic mass is 10.1. The van der Waals surface area contributed by atoms with Crippen LogP contribution in [0, 0.1) is 0 Å². The van der Waals surface area contributed by atoms with E-state index in [4.69, 9.17) is 11.6 Å². The molecule has 1 aromatic rings. The lowest BCUT2D eigenvalue weighted by molar-refractivity contribution is -0.114. The molecule has 3 nitrogen and oxygen atoms in total. The van der Waals surface area contributed by atoms with E-state index in [2.05, 4.69) is 10.3 Å². The summed E-state index contributed by atoms with van der Waals surface area (Å²) in [5, 5.41) is 3.37. The van der Waals surface area contributed by atoms with Gasteiger partial charge in [0.25, 0.3) is 0 Å². The van der Waals surface area contributed by atoms with E-state index in [0.717, 1.165) is 17.0 Å². The van der Waals surface area contributed by atoms with Gasteiger partial charge in [0, 0.05) is 16.3 Å². The summed E-state index contributed by atoms with van der Waals surface area (Å²) < 4.78 is 0. The number of hydrogen-bond donors (Lipinski definition) is 1. The van der Waals surface area contributed by atoms with Crippen LogP contribution in [0.4, 0.5) is 5.69 Å². The van der Waals surface area contributed by atoms with Gasteiger partial charge < -0.3 is 5.32 Å². The zero-order valence-electron chi connectivity index (χ0n) is 7.67. The maximum atomic E-state index is 11.2. The van der Waals surface area contributed by atoms with E-state index in [9.17, 15) is 4.79 Å². The standard InChI is InChI=1S/C10H9ClN2O/c1-6-8-3-2-7(11)4-9(8)13-10(14)5-12-6/h2-4H,5H2,1H3,(H,13,14). The van der Waals surface area contributed by atoms with Gasteiger partial charge in [-0.15, -0.1) is 0 Å². The molecule has 1 aliphatic heterocycles. The summed E-state index contributed by atoms with van der Waals surface area (Å²) >= 11 is 5.83. The maximum absolute atomic E-state index is 11.2. The molecule has 0 saturated carbocycles. The number of aliphatic imine (C=N–C) groups is 1. The molecule has 0 bridgehead atoms. The molecule has 1 aliphatic rings. The number of carbonyl (C=O) groups is 1. The lowest BCUT2D eigenvalue weighted by Gasteiger charge is -2.06. The Labute approximate surface area is 86.8 Å². The molecule has 0 unspecified atom stereocenters. The third kappa shape index (κ3) is 1.63. The topological polar surface area (TPSA) is 41.5 Å². The van der Waals surface area contributed by atoms with Gasteiger partial charge in [-0.3, -0.25) is 9.79 Å². The second-order valence-corrected chi connectivity index (χ2v) is 3.58. The molecule has 0 aliphatic carbocycles. The van der Waals surface area contributed by atoms with E-state index in [-0.39, 0.29) is 12.5 Å². The first-order valence-corrected chi connectivity index (χ1v) is 4.65. The summed E-state index contributed by atoms with van der Waals surface area (Å²) in [6.45, 7) is 2.06. The number of hydrogen-bond acceptors (Lipinski definition) is 2. The molecule has 0 fully saturated rings. The van der Waals surface area contributed by atoms with Crippen molar-refractivity contribution in [3.8, 4) is 0 Å². The predicted octanol–water partition coefficient (Wildman–Crippen LogP) is 2.10. The number of amides is 1. The highest BCUT2D eigenvalue weighted by Gasteiger charge is 2.13. The van der Waals surface area contributed by atoms with Crippen molar-refractivity contribution in [3.05, 3.63) is 28.8 Å². The zero-order chi connectivity index (χ0) is 10.1. The molecule has 1 amide bonds. The van der Waals surface area contributed by atoms with E-state index >= 15 is 0 Å². The number of anilines is 1. The summed E-state index contributed by atoms with van der Waals surface area (Å²) in [5.74, 6) is -0.106. The fourth-order valence-electron chi connectivity index (χ4n) is 1.40. The Bertz CT molecular complexity index is 426. The van der Waals surface area contributed by atoms with Gasteiger partial charge in [-0.25, -0.2) is 0 Å². The second-order valence-electron chi connectivity index (χ2n) is 3.14. The summed E-state index contributed by atoms with van der Waals surface area (Å²) in [5.41, 5.74) is 2.52. The van der Waals surface area contributed by atoms with Gasteiger partial charge in [-0.05, 0) is 25.1 Å². The molecule has 1 heterocycles. The van der Waals surface area contributed by atoms with Gasteiger partial charge in [0.05, 0.1) is 5.69 Å². The Hall–Kier alpha value is -1.35. The SMILES string of the molecule is CC1=NCC(=O)Nc2cc(Cl)ccc21. The summed E-state index contributed by atoms with van der Waals surface area (Å²) in [7, 11) is 0. The molecule has 0 saturated heterocycles. The predicted molar refractivity (Wildman–Crippen MR) is 57.2 cm³/mol. The number of nitrogens with one attached hydrogen (secondary N) is 1. The van der Waals surface area contributed by atoms with Crippen LogP contribution >= 0.6 is 11.6 Å². The number of fused-ring (bicyclic) bond motifs is 1. The molecular formula is C10H9ClN2O. The van der Waals surface area contributed by atoms with E-state index in [1.165, 1.54) is 0 Å². The lowest BCUT2D eigenvalue weighted by Crippen LogP contribution is -2.13. The molecule has 14 heavy (non-hydrogen) atoms. The second kappa shape index (κ2) is 3.42. The monoisotopic (exact) mass is 208 g/mol. The first-order valence-electron chi connectivity index (χ1n) is 4.27. The summed E-state index contributed by atoms with van der Waals surface area (Å²) in [6.07, 6.45) is 0. The van der Waals surface area contributed by atoms with Gasteiger partial charge in [0.1, 0.15) is 6.54 Å². The molecule has 72 valence electrons. The number of rotatable bonds is 0. The van der Waals surface area contributed by atoms with Crippen molar-refractivity contribution in [3.63, 3.8) is 0 Å². The van der Waals surface area contributed by atoms with Crippen LogP contribution in [0.25, 0.3) is 0 Å². The van der Waals surface area contributed by atoms with Crippen LogP contribution in [-0.4, -0.2) is 18.2 Å². The van der Waals surface area contributed by atoms with Crippen molar-refractivity contribution >= 4 is 28.9 Å². The minimum Gasteiger partial charge on any atom is -0.324 e. The first kappa shape index (κ1) is 9.21. The van der Waals surface area contributed by atoms with Crippen molar-refractivity contribution in [1.82, 2.24) is 0 Å². The molecule has 1 aromatic carbocycles. The van der Waals surface area contributed by atoms with Crippen LogP contribution in [0.3, 0.4) is 0 Å². The number of halogens is 1. The fourth-order valence-corrected chi connectivity index (χ4v) is 1.57. The average molecular weight is 209 g/mol. The molecule has 4 heteroatoms. The molecular weight excluding hydrogens is 200 g/mol. The minimum atomic E-state index is -0.106. The Morgan fingerprint density at radius 2 is 2.29 bits per heavy atom. The van der Waals surface area contributed by atoms with Crippen LogP contribution in [0.2, 0.25) is 5.02 Å². The normalized spacial score (nSPS) is 15.3. The Balaban J connectivity index is 2.56. The molecule has 2 rings (SSSR count). The quantitative estimate of drug-likeness (QED) is 0.697. The number of benzodiazepines with no additional fused rings is 1. The van der Waals surface area contributed by atoms with E-state index < -0.39 is 0 Å². The minimum absolute atomic E-state index is 0.106. The van der Waals surface area contributed by atoms with E-state index in [1.54, 1.807) is 12.1 Å². The highest BCUT2D eigenvalue weighted by Crippen LogP contribution is 2.23. The maximum Gasteiger partial charge on any atom is 0.246 e. The van der Waals surface area contributed by atoms with Crippen molar-refractivity contribution in [2.75, 3.05) is 11.9 Å². The molecule has 0 radical (unpaired) electrons. The molecule has 0 spiro atoms.